The van der Waals surface area contributed by atoms with E-state index >= 15 is 0 Å². The number of hydrogen-bond donors (Lipinski definition) is 2. The van der Waals surface area contributed by atoms with Gasteiger partial charge in [-0.15, -0.1) is 0 Å². The highest BCUT2D eigenvalue weighted by Gasteiger charge is 2.77. The number of aliphatic hydroxyl groups is 1. The number of carbonyl (C=O) groups is 3. The number of rotatable bonds is 8. The molecule has 7 atom stereocenters. The van der Waals surface area contributed by atoms with Crippen LogP contribution < -0.4 is 5.32 Å². The molecule has 34 heavy (non-hydrogen) atoms. The Hall–Kier alpha value is -1.68. The largest absolute Gasteiger partial charge is 0.466 e. The summed E-state index contributed by atoms with van der Waals surface area (Å²) in [7, 11) is 0. The first-order valence-electron chi connectivity index (χ1n) is 11.6. The molecule has 3 heterocycles. The van der Waals surface area contributed by atoms with Gasteiger partial charge in [-0.2, -0.15) is 0 Å². The van der Waals surface area contributed by atoms with Crippen molar-refractivity contribution in [2.75, 3.05) is 18.5 Å². The van der Waals surface area contributed by atoms with Gasteiger partial charge < -0.3 is 24.8 Å². The maximum atomic E-state index is 13.9. The van der Waals surface area contributed by atoms with E-state index in [1.807, 2.05) is 13.8 Å². The highest BCUT2D eigenvalue weighted by molar-refractivity contribution is 9.09. The van der Waals surface area contributed by atoms with Crippen LogP contribution in [-0.4, -0.2) is 69.6 Å². The van der Waals surface area contributed by atoms with Crippen molar-refractivity contribution < 1.29 is 29.0 Å². The summed E-state index contributed by atoms with van der Waals surface area (Å²) in [6.07, 6.45) is 0.318. The molecule has 2 bridgehead atoms. The summed E-state index contributed by atoms with van der Waals surface area (Å²) < 4.78 is 11.7. The molecule has 3 aliphatic rings. The molecule has 1 unspecified atom stereocenters. The molecule has 3 fully saturated rings. The molecule has 0 radical (unpaired) electrons. The van der Waals surface area contributed by atoms with E-state index in [4.69, 9.17) is 21.1 Å². The number of benzene rings is 1. The number of aliphatic hydroxyl groups excluding tert-OH is 1. The average molecular weight is 558 g/mol. The molecule has 10 heteroatoms. The fraction of sp³-hybridized carbons (Fsp3) is 0.625. The zero-order valence-electron chi connectivity index (χ0n) is 19.4. The Morgan fingerprint density at radius 3 is 2.62 bits per heavy atom. The quantitative estimate of drug-likeness (QED) is 0.376. The Morgan fingerprint density at radius 1 is 1.35 bits per heavy atom. The number of ether oxygens (including phenoxy) is 2. The fourth-order valence-corrected chi connectivity index (χ4v) is 6.90. The Balaban J connectivity index is 1.76. The monoisotopic (exact) mass is 556 g/mol. The van der Waals surface area contributed by atoms with Gasteiger partial charge in [0, 0.05) is 15.5 Å². The normalized spacial score (nSPS) is 32.7. The molecule has 3 aliphatic heterocycles. The number of nitrogens with zero attached hydrogens (tertiary/aromatic N) is 1. The highest BCUT2D eigenvalue weighted by atomic mass is 79.9. The molecule has 0 aliphatic carbocycles. The Bertz CT molecular complexity index is 959. The number of fused-ring (bicyclic) bond motifs is 1. The Kier molecular flexibility index (Phi) is 7.29. The fourth-order valence-electron chi connectivity index (χ4n) is 5.83. The second-order valence-corrected chi connectivity index (χ2v) is 11.2. The first-order chi connectivity index (χ1) is 16.1. The van der Waals surface area contributed by atoms with Crippen molar-refractivity contribution >= 4 is 51.0 Å². The minimum atomic E-state index is -1.20. The predicted octanol–water partition coefficient (Wildman–Crippen LogP) is 3.00. The van der Waals surface area contributed by atoms with E-state index < -0.39 is 47.5 Å². The smallest absolute Gasteiger partial charge is 0.312 e. The molecule has 1 spiro atoms. The minimum absolute atomic E-state index is 0.171. The van der Waals surface area contributed by atoms with Crippen LogP contribution in [0.15, 0.2) is 24.3 Å². The standard InChI is InChI=1S/C24H30BrClN2O6/c1-4-33-23(32)17-18-22(31)28(15(11-29)9-12(2)3)20(24(18)10-16(25)19(17)34-24)21(30)27-14-7-5-13(26)6-8-14/h5-8,12,15-20,29H,4,9-11H2,1-3H3,(H,27,30)/t15-,16?,17-,18+,19-,20-,24+/m1/s1. The van der Waals surface area contributed by atoms with E-state index in [0.717, 1.165) is 0 Å². The lowest BCUT2D eigenvalue weighted by atomic mass is 9.70. The van der Waals surface area contributed by atoms with Crippen molar-refractivity contribution in [3.63, 3.8) is 0 Å². The van der Waals surface area contributed by atoms with E-state index in [1.54, 1.807) is 31.2 Å². The summed E-state index contributed by atoms with van der Waals surface area (Å²) in [6, 6.07) is 5.07. The molecule has 1 aromatic carbocycles. The number of nitrogens with one attached hydrogen (secondary N) is 1. The molecule has 8 nitrogen and oxygen atoms in total. The summed E-state index contributed by atoms with van der Waals surface area (Å²) in [4.78, 5) is 41.9. The summed E-state index contributed by atoms with van der Waals surface area (Å²) in [5.41, 5.74) is -0.676. The lowest BCUT2D eigenvalue weighted by Crippen LogP contribution is -2.56. The SMILES string of the molecule is CCOC(=O)[C@H]1[C@@H]2O[C@@]3(CC2Br)[C@@H]1C(=O)N([C@@H](CO)CC(C)C)[C@@H]3C(=O)Nc1ccc(Cl)cc1. The van der Waals surface area contributed by atoms with Gasteiger partial charge in [-0.05, 0) is 49.9 Å². The first-order valence-corrected chi connectivity index (χ1v) is 12.9. The number of hydrogen-bond acceptors (Lipinski definition) is 6. The van der Waals surface area contributed by atoms with Gasteiger partial charge in [-0.1, -0.05) is 41.4 Å². The van der Waals surface area contributed by atoms with Crippen LogP contribution in [-0.2, 0) is 23.9 Å². The van der Waals surface area contributed by atoms with Gasteiger partial charge in [-0.3, -0.25) is 14.4 Å². The van der Waals surface area contributed by atoms with Gasteiger partial charge in [0.2, 0.25) is 11.8 Å². The topological polar surface area (TPSA) is 105 Å². The van der Waals surface area contributed by atoms with Crippen molar-refractivity contribution in [1.29, 1.82) is 0 Å². The first kappa shape index (κ1) is 25.4. The van der Waals surface area contributed by atoms with Crippen LogP contribution in [0.2, 0.25) is 5.02 Å². The zero-order valence-corrected chi connectivity index (χ0v) is 21.7. The molecule has 0 aromatic heterocycles. The molecule has 2 amide bonds. The molecular formula is C24H30BrClN2O6. The van der Waals surface area contributed by atoms with Crippen LogP contribution in [0.5, 0.6) is 0 Å². The van der Waals surface area contributed by atoms with Crippen molar-refractivity contribution in [3.8, 4) is 0 Å². The number of alkyl halides is 1. The van der Waals surface area contributed by atoms with E-state index in [2.05, 4.69) is 21.2 Å². The van der Waals surface area contributed by atoms with Gasteiger partial charge >= 0.3 is 5.97 Å². The van der Waals surface area contributed by atoms with Gasteiger partial charge in [0.05, 0.1) is 37.2 Å². The molecule has 1 aromatic rings. The third kappa shape index (κ3) is 4.14. The summed E-state index contributed by atoms with van der Waals surface area (Å²) in [5.74, 6) is -2.78. The lowest BCUT2D eigenvalue weighted by Gasteiger charge is -2.37. The van der Waals surface area contributed by atoms with Crippen LogP contribution in [0.4, 0.5) is 5.69 Å². The molecule has 4 rings (SSSR count). The highest BCUT2D eigenvalue weighted by Crippen LogP contribution is 2.60. The van der Waals surface area contributed by atoms with Crippen LogP contribution >= 0.6 is 27.5 Å². The summed E-state index contributed by atoms with van der Waals surface area (Å²) in [5, 5.41) is 13.6. The van der Waals surface area contributed by atoms with Crippen molar-refractivity contribution in [2.45, 2.75) is 62.2 Å². The number of carbonyl (C=O) groups excluding carboxylic acids is 3. The number of anilines is 1. The Labute approximate surface area is 212 Å². The van der Waals surface area contributed by atoms with Crippen molar-refractivity contribution in [1.82, 2.24) is 4.90 Å². The maximum absolute atomic E-state index is 13.9. The van der Waals surface area contributed by atoms with Crippen LogP contribution in [0.25, 0.3) is 0 Å². The van der Waals surface area contributed by atoms with Crippen LogP contribution in [0, 0.1) is 17.8 Å². The van der Waals surface area contributed by atoms with E-state index in [-0.39, 0.29) is 29.9 Å². The molecule has 2 N–H and O–H groups in total. The van der Waals surface area contributed by atoms with Crippen molar-refractivity contribution in [2.24, 2.45) is 17.8 Å². The van der Waals surface area contributed by atoms with Gasteiger partial charge in [0.1, 0.15) is 11.6 Å². The molecule has 3 saturated heterocycles. The molecule has 186 valence electrons. The zero-order chi connectivity index (χ0) is 24.8. The summed E-state index contributed by atoms with van der Waals surface area (Å²) >= 11 is 9.59. The minimum Gasteiger partial charge on any atom is -0.466 e. The molecule has 0 saturated carbocycles. The number of halogens is 2. The molecular weight excluding hydrogens is 528 g/mol. The lowest BCUT2D eigenvalue weighted by molar-refractivity contribution is -0.155. The van der Waals surface area contributed by atoms with E-state index in [9.17, 15) is 19.5 Å². The van der Waals surface area contributed by atoms with Gasteiger partial charge in [0.25, 0.3) is 0 Å². The number of likely N-dealkylation sites (tertiary alicyclic amines) is 1. The second kappa shape index (κ2) is 9.76. The second-order valence-electron chi connectivity index (χ2n) is 9.62. The Morgan fingerprint density at radius 2 is 2.03 bits per heavy atom. The number of amides is 2. The number of esters is 1. The van der Waals surface area contributed by atoms with Crippen LogP contribution in [0.1, 0.15) is 33.6 Å². The van der Waals surface area contributed by atoms with E-state index in [1.165, 1.54) is 4.90 Å². The van der Waals surface area contributed by atoms with Crippen molar-refractivity contribution in [3.05, 3.63) is 29.3 Å². The third-order valence-electron chi connectivity index (χ3n) is 6.99. The predicted molar refractivity (Wildman–Crippen MR) is 130 cm³/mol. The average Bonchev–Trinajstić information content (AvgIpc) is 3.37. The van der Waals surface area contributed by atoms with E-state index in [0.29, 0.717) is 23.6 Å². The third-order valence-corrected chi connectivity index (χ3v) is 8.09. The maximum Gasteiger partial charge on any atom is 0.312 e. The van der Waals surface area contributed by atoms with Gasteiger partial charge in [-0.25, -0.2) is 0 Å². The van der Waals surface area contributed by atoms with Gasteiger partial charge in [0.15, 0.2) is 0 Å². The summed E-state index contributed by atoms with van der Waals surface area (Å²) in [6.45, 7) is 5.57. The van der Waals surface area contributed by atoms with Crippen LogP contribution in [0.3, 0.4) is 0 Å².